The number of hydrogen-bond acceptors (Lipinski definition) is 4. The second kappa shape index (κ2) is 4.98. The minimum atomic E-state index is -2.70. The molecule has 1 aromatic rings. The van der Waals surface area contributed by atoms with Gasteiger partial charge < -0.3 is 20.3 Å². The molecule has 1 aromatic carbocycles. The molecule has 0 bridgehead atoms. The van der Waals surface area contributed by atoms with E-state index in [4.69, 9.17) is 15.2 Å². The molecule has 0 saturated heterocycles. The number of hydrogen-bond donors (Lipinski definition) is 2. The van der Waals surface area contributed by atoms with Crippen LogP contribution in [-0.4, -0.2) is 25.8 Å². The maximum Gasteiger partial charge on any atom is 0.257 e. The predicted octanol–water partition coefficient (Wildman–Crippen LogP) is 1.67. The van der Waals surface area contributed by atoms with Crippen LogP contribution < -0.4 is 15.2 Å². The minimum absolute atomic E-state index is 0.0467. The maximum absolute atomic E-state index is 12.4. The Bertz CT molecular complexity index is 346. The Balaban J connectivity index is 3.21. The fourth-order valence-electron chi connectivity index (χ4n) is 1.25. The highest BCUT2D eigenvalue weighted by Gasteiger charge is 2.21. The highest BCUT2D eigenvalue weighted by Crippen LogP contribution is 2.39. The van der Waals surface area contributed by atoms with E-state index in [9.17, 15) is 13.9 Å². The smallest absolute Gasteiger partial charge is 0.257 e. The highest BCUT2D eigenvalue weighted by atomic mass is 19.3. The van der Waals surface area contributed by atoms with Crippen molar-refractivity contribution in [2.45, 2.75) is 12.5 Å². The number of aromatic hydroxyl groups is 1. The van der Waals surface area contributed by atoms with E-state index in [1.54, 1.807) is 0 Å². The van der Waals surface area contributed by atoms with E-state index in [0.29, 0.717) is 0 Å². The van der Waals surface area contributed by atoms with Crippen LogP contribution in [0.2, 0.25) is 0 Å². The lowest BCUT2D eigenvalue weighted by Gasteiger charge is -2.15. The van der Waals surface area contributed by atoms with Crippen LogP contribution >= 0.6 is 0 Å². The third-order valence-corrected chi connectivity index (χ3v) is 2.16. The Morgan fingerprint density at radius 2 is 1.62 bits per heavy atom. The summed E-state index contributed by atoms with van der Waals surface area (Å²) in [5, 5.41) is 9.56. The molecule has 0 fully saturated rings. The Hall–Kier alpha value is -1.56. The second-order valence-corrected chi connectivity index (χ2v) is 3.13. The summed E-state index contributed by atoms with van der Waals surface area (Å²) in [5.41, 5.74) is 5.43. The number of phenols is 1. The third-order valence-electron chi connectivity index (χ3n) is 2.16. The van der Waals surface area contributed by atoms with Crippen LogP contribution in [-0.2, 0) is 0 Å². The Labute approximate surface area is 91.6 Å². The summed E-state index contributed by atoms with van der Waals surface area (Å²) in [4.78, 5) is 0. The van der Waals surface area contributed by atoms with Crippen molar-refractivity contribution < 1.29 is 23.4 Å². The quantitative estimate of drug-likeness (QED) is 0.830. The fraction of sp³-hybridized carbons (Fsp3) is 0.400. The van der Waals surface area contributed by atoms with Crippen LogP contribution in [0, 0.1) is 0 Å². The third kappa shape index (κ3) is 2.33. The van der Waals surface area contributed by atoms with Crippen molar-refractivity contribution in [3.63, 3.8) is 0 Å². The van der Waals surface area contributed by atoms with Gasteiger partial charge in [-0.1, -0.05) is 0 Å². The molecule has 6 heteroatoms. The van der Waals surface area contributed by atoms with Gasteiger partial charge in [-0.3, -0.25) is 0 Å². The summed E-state index contributed by atoms with van der Waals surface area (Å²) in [6.45, 7) is 0. The first-order valence-electron chi connectivity index (χ1n) is 4.49. The summed E-state index contributed by atoms with van der Waals surface area (Å²) in [6.07, 6.45) is -2.70. The van der Waals surface area contributed by atoms with E-state index < -0.39 is 12.5 Å². The first-order valence-corrected chi connectivity index (χ1v) is 4.49. The van der Waals surface area contributed by atoms with Crippen LogP contribution in [0.4, 0.5) is 8.78 Å². The summed E-state index contributed by atoms with van der Waals surface area (Å²) in [7, 11) is 2.62. The van der Waals surface area contributed by atoms with Gasteiger partial charge in [0.15, 0.2) is 11.5 Å². The molecule has 0 aliphatic rings. The van der Waals surface area contributed by atoms with Crippen molar-refractivity contribution in [3.05, 3.63) is 17.7 Å². The van der Waals surface area contributed by atoms with E-state index in [-0.39, 0.29) is 22.8 Å². The number of halogens is 2. The molecular formula is C10H13F2NO3. The van der Waals surface area contributed by atoms with E-state index in [1.807, 2.05) is 0 Å². The molecule has 0 unspecified atom stereocenters. The lowest BCUT2D eigenvalue weighted by Crippen LogP contribution is -2.19. The molecule has 3 N–H and O–H groups in total. The van der Waals surface area contributed by atoms with Gasteiger partial charge in [-0.05, 0) is 17.7 Å². The molecule has 0 radical (unpaired) electrons. The number of benzene rings is 1. The van der Waals surface area contributed by atoms with Crippen LogP contribution in [0.5, 0.6) is 17.2 Å². The number of alkyl halides is 2. The van der Waals surface area contributed by atoms with E-state index in [0.717, 1.165) is 0 Å². The summed E-state index contributed by atoms with van der Waals surface area (Å²) < 4.78 is 34.5. The molecule has 0 spiro atoms. The number of rotatable bonds is 4. The highest BCUT2D eigenvalue weighted by molar-refractivity contribution is 5.53. The van der Waals surface area contributed by atoms with Gasteiger partial charge >= 0.3 is 0 Å². The van der Waals surface area contributed by atoms with E-state index >= 15 is 0 Å². The normalized spacial score (nSPS) is 12.6. The van der Waals surface area contributed by atoms with E-state index in [1.165, 1.54) is 26.4 Å². The first-order chi connectivity index (χ1) is 7.51. The zero-order valence-electron chi connectivity index (χ0n) is 8.91. The fourth-order valence-corrected chi connectivity index (χ4v) is 1.25. The van der Waals surface area contributed by atoms with Gasteiger partial charge in [0, 0.05) is 0 Å². The Kier molecular flexibility index (Phi) is 3.89. The number of methoxy groups -OCH3 is 2. The largest absolute Gasteiger partial charge is 0.502 e. The van der Waals surface area contributed by atoms with Crippen molar-refractivity contribution >= 4 is 0 Å². The summed E-state index contributed by atoms with van der Waals surface area (Å²) in [5.74, 6) is -0.147. The SMILES string of the molecule is COc1cc([C@H](N)C(F)F)cc(OC)c1O. The van der Waals surface area contributed by atoms with Crippen LogP contribution in [0.1, 0.15) is 11.6 Å². The van der Waals surface area contributed by atoms with Gasteiger partial charge in [-0.15, -0.1) is 0 Å². The van der Waals surface area contributed by atoms with Crippen LogP contribution in [0.25, 0.3) is 0 Å². The summed E-state index contributed by atoms with van der Waals surface area (Å²) in [6, 6.07) is 1.08. The average molecular weight is 233 g/mol. The number of ether oxygens (including phenoxy) is 2. The lowest BCUT2D eigenvalue weighted by molar-refractivity contribution is 0.116. The Morgan fingerprint density at radius 1 is 1.19 bits per heavy atom. The topological polar surface area (TPSA) is 64.7 Å². The molecule has 0 aliphatic heterocycles. The molecule has 90 valence electrons. The maximum atomic E-state index is 12.4. The Morgan fingerprint density at radius 3 is 1.94 bits per heavy atom. The standard InChI is InChI=1S/C10H13F2NO3/c1-15-6-3-5(8(13)10(11)12)4-7(16-2)9(6)14/h3-4,8,10,14H,13H2,1-2H3/t8-/m0/s1. The molecule has 1 rings (SSSR count). The lowest BCUT2D eigenvalue weighted by atomic mass is 10.1. The van der Waals surface area contributed by atoms with E-state index in [2.05, 4.69) is 0 Å². The van der Waals surface area contributed by atoms with Gasteiger partial charge in [0.1, 0.15) is 0 Å². The predicted molar refractivity (Wildman–Crippen MR) is 54.1 cm³/mol. The van der Waals surface area contributed by atoms with Gasteiger partial charge in [-0.25, -0.2) is 8.78 Å². The van der Waals surface area contributed by atoms with Crippen molar-refractivity contribution in [3.8, 4) is 17.2 Å². The molecule has 0 aliphatic carbocycles. The van der Waals surface area contributed by atoms with Crippen LogP contribution in [0.3, 0.4) is 0 Å². The van der Waals surface area contributed by atoms with Crippen molar-refractivity contribution in [2.24, 2.45) is 5.73 Å². The zero-order chi connectivity index (χ0) is 12.3. The zero-order valence-corrected chi connectivity index (χ0v) is 8.91. The molecule has 0 saturated carbocycles. The average Bonchev–Trinajstić information content (AvgIpc) is 2.28. The number of phenolic OH excluding ortho intramolecular Hbond substituents is 1. The molecule has 0 amide bonds. The van der Waals surface area contributed by atoms with Crippen molar-refractivity contribution in [2.75, 3.05) is 14.2 Å². The monoisotopic (exact) mass is 233 g/mol. The first kappa shape index (κ1) is 12.5. The summed E-state index contributed by atoms with van der Waals surface area (Å²) >= 11 is 0. The molecule has 4 nitrogen and oxygen atoms in total. The van der Waals surface area contributed by atoms with Gasteiger partial charge in [-0.2, -0.15) is 0 Å². The van der Waals surface area contributed by atoms with Crippen molar-refractivity contribution in [1.82, 2.24) is 0 Å². The molecular weight excluding hydrogens is 220 g/mol. The molecule has 16 heavy (non-hydrogen) atoms. The molecule has 1 atom stereocenters. The van der Waals surface area contributed by atoms with Gasteiger partial charge in [0.2, 0.25) is 5.75 Å². The van der Waals surface area contributed by atoms with Crippen molar-refractivity contribution in [1.29, 1.82) is 0 Å². The minimum Gasteiger partial charge on any atom is -0.502 e. The second-order valence-electron chi connectivity index (χ2n) is 3.13. The van der Waals surface area contributed by atoms with Gasteiger partial charge in [0.05, 0.1) is 20.3 Å². The molecule has 0 heterocycles. The molecule has 0 aromatic heterocycles. The van der Waals surface area contributed by atoms with Crippen LogP contribution in [0.15, 0.2) is 12.1 Å². The number of nitrogens with two attached hydrogens (primary N) is 1. The van der Waals surface area contributed by atoms with Gasteiger partial charge in [0.25, 0.3) is 6.43 Å².